The van der Waals surface area contributed by atoms with Crippen molar-refractivity contribution in [3.8, 4) is 11.1 Å². The van der Waals surface area contributed by atoms with Gasteiger partial charge in [-0.1, -0.05) is 12.1 Å². The second-order valence-corrected chi connectivity index (χ2v) is 6.20. The van der Waals surface area contributed by atoms with Crippen molar-refractivity contribution in [3.63, 3.8) is 0 Å². The Bertz CT molecular complexity index is 727. The van der Waals surface area contributed by atoms with Gasteiger partial charge in [0.2, 0.25) is 0 Å². The molecule has 0 fully saturated rings. The molecule has 0 aliphatic heterocycles. The number of pyridine rings is 1. The number of benzene rings is 1. The number of guanidine groups is 1. The molecule has 7 nitrogen and oxygen atoms in total. The van der Waals surface area contributed by atoms with Crippen molar-refractivity contribution in [3.05, 3.63) is 42.6 Å². The number of amides is 1. The fraction of sp³-hybridized carbons (Fsp3) is 0.235. The normalized spacial score (nSPS) is 10.8. The van der Waals surface area contributed by atoms with Gasteiger partial charge in [-0.2, -0.15) is 0 Å². The Kier molecular flexibility index (Phi) is 5.03. The molecule has 1 aromatic carbocycles. The number of rotatable bonds is 3. The molecule has 0 spiro atoms. The smallest absolute Gasteiger partial charge is 0.412 e. The molecule has 0 aliphatic carbocycles. The number of hydrogen-bond acceptors (Lipinski definition) is 3. The molecule has 6 N–H and O–H groups in total. The van der Waals surface area contributed by atoms with Gasteiger partial charge in [0, 0.05) is 17.3 Å². The summed E-state index contributed by atoms with van der Waals surface area (Å²) in [6.07, 6.45) is 1.32. The van der Waals surface area contributed by atoms with E-state index in [4.69, 9.17) is 16.2 Å². The van der Waals surface area contributed by atoms with Crippen molar-refractivity contribution in [1.82, 2.24) is 0 Å². The van der Waals surface area contributed by atoms with E-state index < -0.39 is 11.7 Å². The zero-order valence-electron chi connectivity index (χ0n) is 14.0. The van der Waals surface area contributed by atoms with Gasteiger partial charge in [0.15, 0.2) is 0 Å². The minimum absolute atomic E-state index is 0.00318. The number of nitrogens with zero attached hydrogens (tertiary/aromatic N) is 1. The van der Waals surface area contributed by atoms with Crippen LogP contribution < -0.4 is 21.8 Å². The monoisotopic (exact) mass is 328 g/mol. The van der Waals surface area contributed by atoms with Crippen LogP contribution >= 0.6 is 0 Å². The molecule has 2 rings (SSSR count). The zero-order valence-corrected chi connectivity index (χ0v) is 14.0. The van der Waals surface area contributed by atoms with Gasteiger partial charge in [0.05, 0.1) is 6.20 Å². The van der Waals surface area contributed by atoms with Crippen molar-refractivity contribution >= 4 is 23.6 Å². The SMILES string of the molecule is CC(C)(C)OC(=O)Nc1ccc(-c2ccc(N=C(N)N)[nH+]c2)cc1. The Balaban J connectivity index is 2.06. The standard InChI is InChI=1S/C17H21N5O2/c1-17(2,3)24-16(23)21-13-7-4-11(5-8-13)12-6-9-14(20-10-12)22-15(18)19/h4-10H,1-3H3,(H,21,23)(H4,18,19,20,22)/p+1. The minimum Gasteiger partial charge on any atom is -0.444 e. The van der Waals surface area contributed by atoms with E-state index in [1.165, 1.54) is 0 Å². The largest absolute Gasteiger partial charge is 0.444 e. The van der Waals surface area contributed by atoms with E-state index in [9.17, 15) is 4.79 Å². The topological polar surface area (TPSA) is 117 Å². The van der Waals surface area contributed by atoms with Crippen LogP contribution in [0.2, 0.25) is 0 Å². The van der Waals surface area contributed by atoms with Gasteiger partial charge in [-0.05, 0) is 49.5 Å². The van der Waals surface area contributed by atoms with Crippen LogP contribution in [0.3, 0.4) is 0 Å². The first-order valence-corrected chi connectivity index (χ1v) is 7.45. The number of anilines is 1. The third-order valence-electron chi connectivity index (χ3n) is 2.91. The highest BCUT2D eigenvalue weighted by molar-refractivity contribution is 5.85. The Labute approximate surface area is 140 Å². The maximum absolute atomic E-state index is 11.7. The number of hydrogen-bond donors (Lipinski definition) is 3. The minimum atomic E-state index is -0.531. The maximum Gasteiger partial charge on any atom is 0.412 e. The second-order valence-electron chi connectivity index (χ2n) is 6.20. The molecule has 0 saturated carbocycles. The number of nitrogens with one attached hydrogen (secondary N) is 2. The lowest BCUT2D eigenvalue weighted by Gasteiger charge is -2.19. The number of H-pyrrole nitrogens is 1. The number of ether oxygens (including phenoxy) is 1. The molecule has 0 radical (unpaired) electrons. The summed E-state index contributed by atoms with van der Waals surface area (Å²) in [5, 5.41) is 2.69. The van der Waals surface area contributed by atoms with Crippen LogP contribution in [0.4, 0.5) is 16.3 Å². The number of aliphatic imine (C=N–C) groups is 1. The zero-order chi connectivity index (χ0) is 17.7. The second kappa shape index (κ2) is 6.99. The number of carbonyl (C=O) groups excluding carboxylic acids is 1. The Morgan fingerprint density at radius 1 is 1.08 bits per heavy atom. The lowest BCUT2D eigenvalue weighted by atomic mass is 10.1. The van der Waals surface area contributed by atoms with Crippen LogP contribution in [0.1, 0.15) is 20.8 Å². The predicted octanol–water partition coefficient (Wildman–Crippen LogP) is 2.42. The maximum atomic E-state index is 11.7. The molecule has 0 bridgehead atoms. The van der Waals surface area contributed by atoms with Crippen LogP contribution in [-0.2, 0) is 4.74 Å². The summed E-state index contributed by atoms with van der Waals surface area (Å²) >= 11 is 0. The quantitative estimate of drug-likeness (QED) is 0.592. The van der Waals surface area contributed by atoms with Gasteiger partial charge in [0.1, 0.15) is 5.60 Å². The first-order valence-electron chi connectivity index (χ1n) is 7.45. The van der Waals surface area contributed by atoms with Gasteiger partial charge >= 0.3 is 17.9 Å². The molecule has 0 saturated heterocycles. The third-order valence-corrected chi connectivity index (χ3v) is 2.91. The third kappa shape index (κ3) is 5.28. The number of aromatic nitrogens is 1. The van der Waals surface area contributed by atoms with E-state index in [2.05, 4.69) is 15.3 Å². The highest BCUT2D eigenvalue weighted by Crippen LogP contribution is 2.21. The molecule has 0 unspecified atom stereocenters. The Morgan fingerprint density at radius 2 is 1.71 bits per heavy atom. The molecule has 1 amide bonds. The molecule has 24 heavy (non-hydrogen) atoms. The summed E-state index contributed by atoms with van der Waals surface area (Å²) in [6.45, 7) is 5.45. The molecule has 126 valence electrons. The summed E-state index contributed by atoms with van der Waals surface area (Å²) in [5.74, 6) is 0.568. The molecular weight excluding hydrogens is 306 g/mol. The van der Waals surface area contributed by atoms with E-state index in [-0.39, 0.29) is 5.96 Å². The number of aromatic amines is 1. The Morgan fingerprint density at radius 3 is 2.21 bits per heavy atom. The summed E-state index contributed by atoms with van der Waals surface area (Å²) in [6, 6.07) is 11.1. The first-order chi connectivity index (χ1) is 11.2. The fourth-order valence-electron chi connectivity index (χ4n) is 1.97. The Hall–Kier alpha value is -3.09. The predicted molar refractivity (Wildman–Crippen MR) is 93.8 cm³/mol. The summed E-state index contributed by atoms with van der Waals surface area (Å²) < 4.78 is 5.21. The van der Waals surface area contributed by atoms with Gasteiger partial charge in [-0.3, -0.25) is 5.32 Å². The van der Waals surface area contributed by atoms with Crippen LogP contribution in [-0.4, -0.2) is 17.7 Å². The lowest BCUT2D eigenvalue weighted by molar-refractivity contribution is -0.361. The molecular formula is C17H22N5O2+. The van der Waals surface area contributed by atoms with E-state index in [0.29, 0.717) is 11.5 Å². The van der Waals surface area contributed by atoms with Crippen molar-refractivity contribution in [2.24, 2.45) is 16.5 Å². The molecule has 0 aliphatic rings. The fourth-order valence-corrected chi connectivity index (χ4v) is 1.97. The molecule has 2 aromatic rings. The molecule has 7 heteroatoms. The summed E-state index contributed by atoms with van der Waals surface area (Å²) in [4.78, 5) is 18.7. The van der Waals surface area contributed by atoms with Crippen molar-refractivity contribution in [2.75, 3.05) is 5.32 Å². The molecule has 1 heterocycles. The van der Waals surface area contributed by atoms with Crippen LogP contribution in [0.5, 0.6) is 0 Å². The van der Waals surface area contributed by atoms with Crippen LogP contribution in [0.15, 0.2) is 47.6 Å². The highest BCUT2D eigenvalue weighted by atomic mass is 16.6. The van der Waals surface area contributed by atoms with Crippen molar-refractivity contribution < 1.29 is 14.5 Å². The number of nitrogens with two attached hydrogens (primary N) is 2. The van der Waals surface area contributed by atoms with E-state index in [0.717, 1.165) is 11.1 Å². The molecule has 1 aromatic heterocycles. The van der Waals surface area contributed by atoms with E-state index in [1.54, 1.807) is 12.3 Å². The lowest BCUT2D eigenvalue weighted by Crippen LogP contribution is -2.27. The average Bonchev–Trinajstić information content (AvgIpc) is 2.46. The first kappa shape index (κ1) is 17.3. The van der Waals surface area contributed by atoms with Crippen molar-refractivity contribution in [2.45, 2.75) is 26.4 Å². The van der Waals surface area contributed by atoms with Gasteiger partial charge < -0.3 is 16.2 Å². The van der Waals surface area contributed by atoms with Gasteiger partial charge in [0.25, 0.3) is 0 Å². The van der Waals surface area contributed by atoms with Crippen molar-refractivity contribution in [1.29, 1.82) is 0 Å². The van der Waals surface area contributed by atoms with E-state index >= 15 is 0 Å². The average molecular weight is 328 g/mol. The van der Waals surface area contributed by atoms with Crippen LogP contribution in [0.25, 0.3) is 11.1 Å². The number of carbonyl (C=O) groups is 1. The molecule has 0 atom stereocenters. The van der Waals surface area contributed by atoms with Gasteiger partial charge in [-0.25, -0.2) is 9.78 Å². The summed E-state index contributed by atoms with van der Waals surface area (Å²) in [7, 11) is 0. The summed E-state index contributed by atoms with van der Waals surface area (Å²) in [5.41, 5.74) is 12.7. The highest BCUT2D eigenvalue weighted by Gasteiger charge is 2.16. The van der Waals surface area contributed by atoms with Gasteiger partial charge in [-0.15, -0.1) is 0 Å². The van der Waals surface area contributed by atoms with Crippen LogP contribution in [0, 0.1) is 0 Å². The van der Waals surface area contributed by atoms with E-state index in [1.807, 2.05) is 51.1 Å².